The summed E-state index contributed by atoms with van der Waals surface area (Å²) in [5, 5.41) is 0. The number of hydrogen-bond acceptors (Lipinski definition) is 1. The topological polar surface area (TPSA) is 26.0 Å². The normalized spacial score (nSPS) is 9.62. The van der Waals surface area contributed by atoms with E-state index in [0.29, 0.717) is 6.54 Å². The molecule has 3 heteroatoms. The highest BCUT2D eigenvalue weighted by Crippen LogP contribution is 2.23. The van der Waals surface area contributed by atoms with Crippen LogP contribution in [0.3, 0.4) is 0 Å². The van der Waals surface area contributed by atoms with Crippen LogP contribution in [0, 0.1) is 0 Å². The van der Waals surface area contributed by atoms with Crippen LogP contribution in [0.2, 0.25) is 0 Å². The molecule has 0 saturated carbocycles. The lowest BCUT2D eigenvalue weighted by atomic mass is 10.0. The second-order valence-corrected chi connectivity index (χ2v) is 4.33. The highest BCUT2D eigenvalue weighted by molar-refractivity contribution is 9.10. The molecule has 0 spiro atoms. The summed E-state index contributed by atoms with van der Waals surface area (Å²) in [4.78, 5) is 0. The second kappa shape index (κ2) is 6.04. The van der Waals surface area contributed by atoms with Gasteiger partial charge in [-0.15, -0.1) is 12.4 Å². The van der Waals surface area contributed by atoms with Gasteiger partial charge in [-0.1, -0.05) is 52.3 Å². The summed E-state index contributed by atoms with van der Waals surface area (Å²) in [6, 6.07) is 16.6. The van der Waals surface area contributed by atoms with Crippen molar-refractivity contribution >= 4 is 28.3 Å². The zero-order valence-electron chi connectivity index (χ0n) is 8.69. The van der Waals surface area contributed by atoms with Crippen molar-refractivity contribution < 1.29 is 0 Å². The third kappa shape index (κ3) is 3.08. The molecule has 84 valence electrons. The van der Waals surface area contributed by atoms with Crippen LogP contribution in [0.15, 0.2) is 53.0 Å². The van der Waals surface area contributed by atoms with Crippen LogP contribution in [-0.2, 0) is 6.54 Å². The van der Waals surface area contributed by atoms with Crippen molar-refractivity contribution in [3.63, 3.8) is 0 Å². The fourth-order valence-electron chi connectivity index (χ4n) is 1.50. The number of hydrogen-bond donors (Lipinski definition) is 1. The van der Waals surface area contributed by atoms with Gasteiger partial charge in [0.25, 0.3) is 0 Å². The number of halogens is 2. The zero-order valence-corrected chi connectivity index (χ0v) is 11.1. The van der Waals surface area contributed by atoms with Gasteiger partial charge in [0.15, 0.2) is 0 Å². The maximum Gasteiger partial charge on any atom is 0.0181 e. The Kier molecular flexibility index (Phi) is 5.00. The van der Waals surface area contributed by atoms with Gasteiger partial charge in [-0.3, -0.25) is 0 Å². The molecule has 1 nitrogen and oxygen atoms in total. The average molecular weight is 299 g/mol. The third-order valence-electron chi connectivity index (χ3n) is 2.35. The van der Waals surface area contributed by atoms with E-state index in [-0.39, 0.29) is 12.4 Å². The van der Waals surface area contributed by atoms with Gasteiger partial charge in [-0.25, -0.2) is 0 Å². The third-order valence-corrected chi connectivity index (χ3v) is 2.84. The first-order valence-corrected chi connectivity index (χ1v) is 5.64. The first-order chi connectivity index (χ1) is 7.29. The standard InChI is InChI=1S/C13H12BrN.ClH/c14-13-3-1-2-12(8-13)11-6-4-10(9-15)5-7-11;/h1-8H,9,15H2;1H. The predicted octanol–water partition coefficient (Wildman–Crippen LogP) is 4.00. The van der Waals surface area contributed by atoms with E-state index in [9.17, 15) is 0 Å². The lowest BCUT2D eigenvalue weighted by molar-refractivity contribution is 1.07. The minimum Gasteiger partial charge on any atom is -0.326 e. The summed E-state index contributed by atoms with van der Waals surface area (Å²) >= 11 is 3.47. The molecule has 0 aliphatic heterocycles. The summed E-state index contributed by atoms with van der Waals surface area (Å²) in [7, 11) is 0. The van der Waals surface area contributed by atoms with E-state index in [1.165, 1.54) is 11.1 Å². The highest BCUT2D eigenvalue weighted by Gasteiger charge is 1.97. The minimum atomic E-state index is 0. The number of rotatable bonds is 2. The summed E-state index contributed by atoms with van der Waals surface area (Å²) in [5.74, 6) is 0. The van der Waals surface area contributed by atoms with Gasteiger partial charge < -0.3 is 5.73 Å². The first kappa shape index (κ1) is 13.2. The molecule has 2 rings (SSSR count). The molecule has 2 N–H and O–H groups in total. The van der Waals surface area contributed by atoms with E-state index in [0.717, 1.165) is 10.0 Å². The van der Waals surface area contributed by atoms with Crippen LogP contribution in [0.4, 0.5) is 0 Å². The Hall–Kier alpha value is -0.830. The Morgan fingerprint density at radius 1 is 0.938 bits per heavy atom. The summed E-state index contributed by atoms with van der Waals surface area (Å²) in [6.45, 7) is 0.596. The molecule has 0 atom stereocenters. The van der Waals surface area contributed by atoms with Gasteiger partial charge >= 0.3 is 0 Å². The molecule has 0 aliphatic carbocycles. The lowest BCUT2D eigenvalue weighted by Crippen LogP contribution is -1.95. The highest BCUT2D eigenvalue weighted by atomic mass is 79.9. The zero-order chi connectivity index (χ0) is 10.7. The van der Waals surface area contributed by atoms with E-state index in [1.807, 2.05) is 12.1 Å². The van der Waals surface area contributed by atoms with Crippen molar-refractivity contribution in [1.82, 2.24) is 0 Å². The average Bonchev–Trinajstić information content (AvgIpc) is 2.29. The lowest BCUT2D eigenvalue weighted by Gasteiger charge is -2.03. The molecule has 0 saturated heterocycles. The second-order valence-electron chi connectivity index (χ2n) is 3.41. The number of benzene rings is 2. The number of nitrogens with two attached hydrogens (primary N) is 1. The van der Waals surface area contributed by atoms with Crippen LogP contribution >= 0.6 is 28.3 Å². The molecule has 0 bridgehead atoms. The molecule has 0 amide bonds. The van der Waals surface area contributed by atoms with Gasteiger partial charge in [0.1, 0.15) is 0 Å². The molecule has 0 aliphatic rings. The summed E-state index contributed by atoms with van der Waals surface area (Å²) < 4.78 is 1.10. The smallest absolute Gasteiger partial charge is 0.0181 e. The van der Waals surface area contributed by atoms with Crippen molar-refractivity contribution in [1.29, 1.82) is 0 Å². The van der Waals surface area contributed by atoms with Crippen molar-refractivity contribution in [3.05, 3.63) is 58.6 Å². The van der Waals surface area contributed by atoms with Crippen molar-refractivity contribution in [2.75, 3.05) is 0 Å². The quantitative estimate of drug-likeness (QED) is 0.891. The Bertz CT molecular complexity index is 454. The molecule has 0 aromatic heterocycles. The Balaban J connectivity index is 0.00000128. The maximum atomic E-state index is 5.56. The van der Waals surface area contributed by atoms with Crippen LogP contribution in [0.5, 0.6) is 0 Å². The van der Waals surface area contributed by atoms with E-state index in [4.69, 9.17) is 5.73 Å². The van der Waals surface area contributed by atoms with Gasteiger partial charge in [0.2, 0.25) is 0 Å². The fourth-order valence-corrected chi connectivity index (χ4v) is 1.90. The monoisotopic (exact) mass is 297 g/mol. The SMILES string of the molecule is Cl.NCc1ccc(-c2cccc(Br)c2)cc1. The van der Waals surface area contributed by atoms with Gasteiger partial charge in [-0.05, 0) is 28.8 Å². The molecule has 16 heavy (non-hydrogen) atoms. The molecule has 0 fully saturated rings. The van der Waals surface area contributed by atoms with Crippen molar-refractivity contribution in [2.45, 2.75) is 6.54 Å². The molecule has 2 aromatic carbocycles. The van der Waals surface area contributed by atoms with E-state index in [1.54, 1.807) is 0 Å². The van der Waals surface area contributed by atoms with Crippen molar-refractivity contribution in [3.8, 4) is 11.1 Å². The van der Waals surface area contributed by atoms with Crippen LogP contribution < -0.4 is 5.73 Å². The largest absolute Gasteiger partial charge is 0.326 e. The molecular weight excluding hydrogens is 286 g/mol. The Morgan fingerprint density at radius 2 is 1.62 bits per heavy atom. The van der Waals surface area contributed by atoms with E-state index in [2.05, 4.69) is 52.3 Å². The van der Waals surface area contributed by atoms with Gasteiger partial charge in [0, 0.05) is 11.0 Å². The van der Waals surface area contributed by atoms with Crippen LogP contribution in [-0.4, -0.2) is 0 Å². The molecular formula is C13H13BrClN. The molecule has 2 aromatic rings. The van der Waals surface area contributed by atoms with Crippen LogP contribution in [0.1, 0.15) is 5.56 Å². The van der Waals surface area contributed by atoms with Gasteiger partial charge in [-0.2, -0.15) is 0 Å². The molecule has 0 heterocycles. The van der Waals surface area contributed by atoms with Crippen molar-refractivity contribution in [2.24, 2.45) is 5.73 Å². The maximum absolute atomic E-state index is 5.56. The first-order valence-electron chi connectivity index (χ1n) is 4.84. The minimum absolute atomic E-state index is 0. The van der Waals surface area contributed by atoms with Crippen LogP contribution in [0.25, 0.3) is 11.1 Å². The van der Waals surface area contributed by atoms with Gasteiger partial charge in [0.05, 0.1) is 0 Å². The summed E-state index contributed by atoms with van der Waals surface area (Å²) in [5.41, 5.74) is 9.15. The molecule has 0 radical (unpaired) electrons. The van der Waals surface area contributed by atoms with E-state index >= 15 is 0 Å². The Morgan fingerprint density at radius 3 is 2.19 bits per heavy atom. The fraction of sp³-hybridized carbons (Fsp3) is 0.0769. The summed E-state index contributed by atoms with van der Waals surface area (Å²) in [6.07, 6.45) is 0. The molecule has 0 unspecified atom stereocenters. The van der Waals surface area contributed by atoms with E-state index < -0.39 is 0 Å². The Labute approximate surface area is 110 Å². The predicted molar refractivity (Wildman–Crippen MR) is 74.7 cm³/mol.